The maximum absolute atomic E-state index is 6.50. The van der Waals surface area contributed by atoms with Crippen LogP contribution in [0.5, 0.6) is 0 Å². The van der Waals surface area contributed by atoms with Crippen LogP contribution in [0, 0.1) is 0 Å². The summed E-state index contributed by atoms with van der Waals surface area (Å²) < 4.78 is 3.64. The normalized spacial score (nSPS) is 11.7. The van der Waals surface area contributed by atoms with Gasteiger partial charge in [-0.3, -0.25) is 0 Å². The van der Waals surface area contributed by atoms with Gasteiger partial charge in [0.1, 0.15) is 0 Å². The standard InChI is InChI=1S/C16H8BrClS/c17-10-5-6-11-9(7-10)8-13(18)15-12-3-1-2-4-14(12)19-16(11)15/h1-8H. The fourth-order valence-corrected chi connectivity index (χ4v) is 4.55. The van der Waals surface area contributed by atoms with Crippen molar-refractivity contribution in [2.75, 3.05) is 0 Å². The van der Waals surface area contributed by atoms with Crippen molar-refractivity contribution in [3.05, 3.63) is 58.0 Å². The van der Waals surface area contributed by atoms with E-state index >= 15 is 0 Å². The highest BCUT2D eigenvalue weighted by molar-refractivity contribution is 9.10. The van der Waals surface area contributed by atoms with E-state index in [1.54, 1.807) is 0 Å². The average Bonchev–Trinajstić information content (AvgIpc) is 2.78. The summed E-state index contributed by atoms with van der Waals surface area (Å²) in [6.07, 6.45) is 0. The molecule has 4 rings (SSSR count). The maximum atomic E-state index is 6.50. The van der Waals surface area contributed by atoms with Crippen LogP contribution in [0.4, 0.5) is 0 Å². The largest absolute Gasteiger partial charge is 0.134 e. The number of halogens is 2. The van der Waals surface area contributed by atoms with E-state index in [9.17, 15) is 0 Å². The van der Waals surface area contributed by atoms with E-state index in [1.165, 1.54) is 30.9 Å². The van der Waals surface area contributed by atoms with Gasteiger partial charge in [-0.1, -0.05) is 51.8 Å². The molecule has 4 aromatic rings. The number of rotatable bonds is 0. The summed E-state index contributed by atoms with van der Waals surface area (Å²) in [5.74, 6) is 0. The zero-order valence-electron chi connectivity index (χ0n) is 9.78. The van der Waals surface area contributed by atoms with Crippen LogP contribution in [-0.4, -0.2) is 0 Å². The summed E-state index contributed by atoms with van der Waals surface area (Å²) in [6, 6.07) is 16.9. The van der Waals surface area contributed by atoms with Crippen molar-refractivity contribution in [1.29, 1.82) is 0 Å². The molecule has 0 aliphatic rings. The molecule has 19 heavy (non-hydrogen) atoms. The van der Waals surface area contributed by atoms with Gasteiger partial charge in [-0.2, -0.15) is 0 Å². The molecular weight excluding hydrogens is 340 g/mol. The highest BCUT2D eigenvalue weighted by atomic mass is 79.9. The molecule has 0 saturated carbocycles. The van der Waals surface area contributed by atoms with Gasteiger partial charge in [-0.15, -0.1) is 11.3 Å². The second-order valence-electron chi connectivity index (χ2n) is 4.53. The third-order valence-corrected chi connectivity index (χ3v) is 5.37. The van der Waals surface area contributed by atoms with Gasteiger partial charge in [-0.25, -0.2) is 0 Å². The Morgan fingerprint density at radius 1 is 0.947 bits per heavy atom. The molecule has 0 aliphatic carbocycles. The summed E-state index contributed by atoms with van der Waals surface area (Å²) in [5, 5.41) is 5.70. The first-order valence-corrected chi connectivity index (χ1v) is 7.92. The lowest BCUT2D eigenvalue weighted by molar-refractivity contribution is 1.74. The summed E-state index contributed by atoms with van der Waals surface area (Å²) >= 11 is 11.8. The summed E-state index contributed by atoms with van der Waals surface area (Å²) in [4.78, 5) is 0. The minimum absolute atomic E-state index is 0.832. The highest BCUT2D eigenvalue weighted by Gasteiger charge is 2.11. The minimum Gasteiger partial charge on any atom is -0.134 e. The lowest BCUT2D eigenvalue weighted by Crippen LogP contribution is -1.76. The van der Waals surface area contributed by atoms with E-state index in [0.717, 1.165) is 9.50 Å². The van der Waals surface area contributed by atoms with Crippen LogP contribution in [-0.2, 0) is 0 Å². The zero-order valence-corrected chi connectivity index (χ0v) is 12.9. The van der Waals surface area contributed by atoms with Crippen molar-refractivity contribution in [2.24, 2.45) is 0 Å². The Labute approximate surface area is 127 Å². The monoisotopic (exact) mass is 346 g/mol. The molecule has 92 valence electrons. The Morgan fingerprint density at radius 2 is 1.79 bits per heavy atom. The van der Waals surface area contributed by atoms with Crippen molar-refractivity contribution >= 4 is 69.8 Å². The Morgan fingerprint density at radius 3 is 2.68 bits per heavy atom. The zero-order chi connectivity index (χ0) is 13.0. The first-order valence-electron chi connectivity index (χ1n) is 5.93. The topological polar surface area (TPSA) is 0 Å². The number of benzene rings is 3. The van der Waals surface area contributed by atoms with Gasteiger partial charge in [0.2, 0.25) is 0 Å². The molecule has 1 heterocycles. The molecule has 3 aromatic carbocycles. The highest BCUT2D eigenvalue weighted by Crippen LogP contribution is 2.42. The van der Waals surface area contributed by atoms with Crippen LogP contribution in [0.2, 0.25) is 5.02 Å². The van der Waals surface area contributed by atoms with E-state index in [0.29, 0.717) is 0 Å². The molecule has 1 aromatic heterocycles. The predicted octanol–water partition coefficient (Wildman–Crippen LogP) is 6.62. The van der Waals surface area contributed by atoms with Crippen LogP contribution in [0.3, 0.4) is 0 Å². The number of fused-ring (bicyclic) bond motifs is 5. The summed E-state index contributed by atoms with van der Waals surface area (Å²) in [7, 11) is 0. The molecule has 3 heteroatoms. The van der Waals surface area contributed by atoms with Gasteiger partial charge in [-0.05, 0) is 35.0 Å². The second kappa shape index (κ2) is 4.20. The van der Waals surface area contributed by atoms with E-state index in [4.69, 9.17) is 11.6 Å². The molecule has 0 nitrogen and oxygen atoms in total. The molecule has 0 radical (unpaired) electrons. The van der Waals surface area contributed by atoms with E-state index in [-0.39, 0.29) is 0 Å². The first-order chi connectivity index (χ1) is 9.24. The number of hydrogen-bond acceptors (Lipinski definition) is 1. The smallest absolute Gasteiger partial charge is 0.0505 e. The van der Waals surface area contributed by atoms with Crippen LogP contribution in [0.25, 0.3) is 30.9 Å². The second-order valence-corrected chi connectivity index (χ2v) is 6.90. The Kier molecular flexibility index (Phi) is 2.59. The van der Waals surface area contributed by atoms with Crippen LogP contribution in [0.15, 0.2) is 53.0 Å². The van der Waals surface area contributed by atoms with E-state index in [2.05, 4.69) is 64.5 Å². The minimum atomic E-state index is 0.832. The van der Waals surface area contributed by atoms with Crippen molar-refractivity contribution in [3.63, 3.8) is 0 Å². The summed E-state index contributed by atoms with van der Waals surface area (Å²) in [6.45, 7) is 0. The third kappa shape index (κ3) is 1.71. The molecule has 0 aliphatic heterocycles. The number of thiophene rings is 1. The molecule has 0 spiro atoms. The lowest BCUT2D eigenvalue weighted by Gasteiger charge is -2.03. The van der Waals surface area contributed by atoms with Gasteiger partial charge in [0.05, 0.1) is 5.02 Å². The lowest BCUT2D eigenvalue weighted by atomic mass is 10.1. The molecule has 0 bridgehead atoms. The van der Waals surface area contributed by atoms with E-state index < -0.39 is 0 Å². The molecule has 0 fully saturated rings. The van der Waals surface area contributed by atoms with Gasteiger partial charge in [0.25, 0.3) is 0 Å². The van der Waals surface area contributed by atoms with Crippen LogP contribution in [0.1, 0.15) is 0 Å². The quantitative estimate of drug-likeness (QED) is 0.335. The molecule has 0 N–H and O–H groups in total. The average molecular weight is 348 g/mol. The van der Waals surface area contributed by atoms with Crippen molar-refractivity contribution in [2.45, 2.75) is 0 Å². The van der Waals surface area contributed by atoms with Gasteiger partial charge in [0.15, 0.2) is 0 Å². The first kappa shape index (κ1) is 11.7. The Bertz CT molecular complexity index is 940. The van der Waals surface area contributed by atoms with Crippen LogP contribution < -0.4 is 0 Å². The van der Waals surface area contributed by atoms with Crippen LogP contribution >= 0.6 is 38.9 Å². The fourth-order valence-electron chi connectivity index (χ4n) is 2.54. The molecule has 0 amide bonds. The fraction of sp³-hybridized carbons (Fsp3) is 0. The van der Waals surface area contributed by atoms with Gasteiger partial charge < -0.3 is 0 Å². The van der Waals surface area contributed by atoms with Gasteiger partial charge >= 0.3 is 0 Å². The molecule has 0 unspecified atom stereocenters. The molecule has 0 saturated heterocycles. The van der Waals surface area contributed by atoms with Crippen molar-refractivity contribution < 1.29 is 0 Å². The summed E-state index contributed by atoms with van der Waals surface area (Å²) in [5.41, 5.74) is 0. The van der Waals surface area contributed by atoms with Crippen molar-refractivity contribution in [3.8, 4) is 0 Å². The Balaban J connectivity index is 2.33. The number of hydrogen-bond donors (Lipinski definition) is 0. The molecular formula is C16H8BrClS. The van der Waals surface area contributed by atoms with Crippen molar-refractivity contribution in [1.82, 2.24) is 0 Å². The van der Waals surface area contributed by atoms with E-state index in [1.807, 2.05) is 11.3 Å². The SMILES string of the molecule is Clc1cc2cc(Br)ccc2c2sc3ccccc3c12. The van der Waals surface area contributed by atoms with Gasteiger partial charge in [0, 0.05) is 24.6 Å². The maximum Gasteiger partial charge on any atom is 0.0505 e. The third-order valence-electron chi connectivity index (χ3n) is 3.37. The predicted molar refractivity (Wildman–Crippen MR) is 89.5 cm³/mol. The molecule has 0 atom stereocenters. The Hall–Kier alpha value is -1.09.